The topological polar surface area (TPSA) is 87.4 Å². The Labute approximate surface area is 209 Å². The van der Waals surface area contributed by atoms with Gasteiger partial charge in [-0.25, -0.2) is 14.2 Å². The number of ether oxygens (including phenoxy) is 2. The predicted octanol–water partition coefficient (Wildman–Crippen LogP) is 4.89. The normalized spacial score (nSPS) is 10.9. The van der Waals surface area contributed by atoms with Crippen molar-refractivity contribution < 1.29 is 9.47 Å². The van der Waals surface area contributed by atoms with Gasteiger partial charge in [-0.05, 0) is 51.5 Å². The Morgan fingerprint density at radius 2 is 1.86 bits per heavy atom. The molecule has 1 aromatic heterocycles. The number of hydrogen-bond donors (Lipinski definition) is 1. The van der Waals surface area contributed by atoms with Gasteiger partial charge in [-0.3, -0.25) is 4.57 Å². The monoisotopic (exact) mass is 498 g/mol. The molecule has 35 heavy (non-hydrogen) atoms. The fourth-order valence-corrected chi connectivity index (χ4v) is 3.63. The number of rotatable bonds is 11. The van der Waals surface area contributed by atoms with E-state index in [1.165, 1.54) is 4.57 Å². The van der Waals surface area contributed by atoms with Crippen molar-refractivity contribution >= 4 is 23.2 Å². The number of aromatic nitrogens is 3. The van der Waals surface area contributed by atoms with Crippen LogP contribution in [0.4, 0.5) is 11.6 Å². The molecule has 0 spiro atoms. The standard InChI is InChI=1S/C26H31ClN4O4/c1-6-34-19(5)13-14-30-25(32)29-24(28-21-11-12-23(22(27)15-21)35-17(2)3)31(26(30)33)16-20-9-7-18(4)8-10-20/h7-12,15,17H,5-6,13-14,16H2,1-4H3,(H,28,29,32). The maximum Gasteiger partial charge on any atom is 0.354 e. The molecule has 0 saturated heterocycles. The molecule has 0 saturated carbocycles. The Morgan fingerprint density at radius 3 is 2.49 bits per heavy atom. The molecule has 1 N–H and O–H groups in total. The van der Waals surface area contributed by atoms with E-state index in [2.05, 4.69) is 16.9 Å². The van der Waals surface area contributed by atoms with Crippen molar-refractivity contribution in [1.29, 1.82) is 0 Å². The molecule has 0 aliphatic carbocycles. The molecule has 3 aromatic rings. The Morgan fingerprint density at radius 1 is 1.14 bits per heavy atom. The van der Waals surface area contributed by atoms with E-state index in [4.69, 9.17) is 21.1 Å². The highest BCUT2D eigenvalue weighted by atomic mass is 35.5. The van der Waals surface area contributed by atoms with Gasteiger partial charge in [0.1, 0.15) is 5.75 Å². The molecule has 0 radical (unpaired) electrons. The van der Waals surface area contributed by atoms with E-state index >= 15 is 0 Å². The van der Waals surface area contributed by atoms with Crippen LogP contribution in [0.1, 0.15) is 38.3 Å². The lowest BCUT2D eigenvalue weighted by Crippen LogP contribution is -2.42. The second-order valence-corrected chi connectivity index (χ2v) is 8.79. The minimum atomic E-state index is -0.659. The van der Waals surface area contributed by atoms with Crippen molar-refractivity contribution in [2.75, 3.05) is 11.9 Å². The molecular weight excluding hydrogens is 468 g/mol. The number of hydrogen-bond acceptors (Lipinski definition) is 6. The Balaban J connectivity index is 1.99. The summed E-state index contributed by atoms with van der Waals surface area (Å²) in [7, 11) is 0. The molecular formula is C26H31ClN4O4. The van der Waals surface area contributed by atoms with Crippen LogP contribution in [-0.2, 0) is 17.8 Å². The van der Waals surface area contributed by atoms with E-state index in [1.807, 2.05) is 52.0 Å². The average Bonchev–Trinajstić information content (AvgIpc) is 2.79. The number of nitrogens with one attached hydrogen (secondary N) is 1. The van der Waals surface area contributed by atoms with Crippen LogP contribution in [0.3, 0.4) is 0 Å². The van der Waals surface area contributed by atoms with Crippen LogP contribution in [0.25, 0.3) is 0 Å². The van der Waals surface area contributed by atoms with Crippen LogP contribution < -0.4 is 21.4 Å². The quantitative estimate of drug-likeness (QED) is 0.379. The van der Waals surface area contributed by atoms with Crippen LogP contribution in [0.5, 0.6) is 5.75 Å². The van der Waals surface area contributed by atoms with Gasteiger partial charge in [0, 0.05) is 18.7 Å². The highest BCUT2D eigenvalue weighted by Gasteiger charge is 2.15. The predicted molar refractivity (Wildman–Crippen MR) is 139 cm³/mol. The fraction of sp³-hybridized carbons (Fsp3) is 0.346. The molecule has 0 aliphatic rings. The second kappa shape index (κ2) is 11.8. The number of halogens is 1. The van der Waals surface area contributed by atoms with E-state index < -0.39 is 11.4 Å². The first-order chi connectivity index (χ1) is 16.7. The molecule has 0 fully saturated rings. The van der Waals surface area contributed by atoms with Gasteiger partial charge in [0.2, 0.25) is 5.95 Å². The first kappa shape index (κ1) is 26.1. The zero-order valence-electron chi connectivity index (χ0n) is 20.5. The van der Waals surface area contributed by atoms with Crippen molar-refractivity contribution in [2.45, 2.75) is 53.3 Å². The van der Waals surface area contributed by atoms with Gasteiger partial charge in [-0.1, -0.05) is 48.0 Å². The molecule has 0 amide bonds. The number of benzene rings is 2. The van der Waals surface area contributed by atoms with Crippen LogP contribution in [0.2, 0.25) is 5.02 Å². The summed E-state index contributed by atoms with van der Waals surface area (Å²) < 4.78 is 13.6. The molecule has 186 valence electrons. The summed E-state index contributed by atoms with van der Waals surface area (Å²) in [5.41, 5.74) is 1.43. The summed E-state index contributed by atoms with van der Waals surface area (Å²) in [5.74, 6) is 1.17. The van der Waals surface area contributed by atoms with Crippen LogP contribution in [0.15, 0.2) is 64.4 Å². The summed E-state index contributed by atoms with van der Waals surface area (Å²) in [6.07, 6.45) is 0.300. The Hall–Kier alpha value is -3.52. The van der Waals surface area contributed by atoms with Crippen molar-refractivity contribution in [3.63, 3.8) is 0 Å². The largest absolute Gasteiger partial charge is 0.499 e. The van der Waals surface area contributed by atoms with E-state index in [-0.39, 0.29) is 25.1 Å². The van der Waals surface area contributed by atoms with Crippen molar-refractivity contribution in [3.8, 4) is 5.75 Å². The van der Waals surface area contributed by atoms with Crippen LogP contribution >= 0.6 is 11.6 Å². The Bertz CT molecular complexity index is 1300. The van der Waals surface area contributed by atoms with Gasteiger partial charge in [0.25, 0.3) is 0 Å². The molecule has 0 atom stereocenters. The minimum Gasteiger partial charge on any atom is -0.499 e. The van der Waals surface area contributed by atoms with Gasteiger partial charge < -0.3 is 14.8 Å². The molecule has 2 aromatic carbocycles. The lowest BCUT2D eigenvalue weighted by atomic mass is 10.1. The molecule has 3 rings (SSSR count). The zero-order chi connectivity index (χ0) is 25.5. The molecule has 9 heteroatoms. The van der Waals surface area contributed by atoms with Gasteiger partial charge in [0.15, 0.2) is 0 Å². The van der Waals surface area contributed by atoms with Crippen LogP contribution in [-0.4, -0.2) is 26.8 Å². The molecule has 0 unspecified atom stereocenters. The van der Waals surface area contributed by atoms with Gasteiger partial charge >= 0.3 is 11.4 Å². The minimum absolute atomic E-state index is 0.0286. The smallest absolute Gasteiger partial charge is 0.354 e. The van der Waals surface area contributed by atoms with E-state index in [0.717, 1.165) is 15.7 Å². The van der Waals surface area contributed by atoms with Gasteiger partial charge in [0.05, 0.1) is 30.0 Å². The highest BCUT2D eigenvalue weighted by Crippen LogP contribution is 2.29. The van der Waals surface area contributed by atoms with E-state index in [1.54, 1.807) is 18.2 Å². The third-order valence-corrected chi connectivity index (χ3v) is 5.42. The molecule has 8 nitrogen and oxygen atoms in total. The first-order valence-electron chi connectivity index (χ1n) is 11.5. The molecule has 0 aliphatic heterocycles. The number of allylic oxidation sites excluding steroid dienone is 1. The maximum atomic E-state index is 13.4. The maximum absolute atomic E-state index is 13.4. The zero-order valence-corrected chi connectivity index (χ0v) is 21.3. The fourth-order valence-electron chi connectivity index (χ4n) is 3.40. The summed E-state index contributed by atoms with van der Waals surface area (Å²) in [5, 5.41) is 3.48. The number of anilines is 2. The number of nitrogens with zero attached hydrogens (tertiary/aromatic N) is 3. The third-order valence-electron chi connectivity index (χ3n) is 5.12. The van der Waals surface area contributed by atoms with Crippen LogP contribution in [0, 0.1) is 6.92 Å². The summed E-state index contributed by atoms with van der Waals surface area (Å²) in [4.78, 5) is 30.4. The summed E-state index contributed by atoms with van der Waals surface area (Å²) >= 11 is 6.37. The van der Waals surface area contributed by atoms with Gasteiger partial charge in [-0.2, -0.15) is 4.98 Å². The third kappa shape index (κ3) is 6.99. The molecule has 0 bridgehead atoms. The number of aryl methyl sites for hydroxylation is 1. The first-order valence-corrected chi connectivity index (χ1v) is 11.9. The molecule has 1 heterocycles. The summed E-state index contributed by atoms with van der Waals surface area (Å²) in [6.45, 7) is 12.3. The highest BCUT2D eigenvalue weighted by molar-refractivity contribution is 6.32. The van der Waals surface area contributed by atoms with E-state index in [9.17, 15) is 9.59 Å². The van der Waals surface area contributed by atoms with Crippen molar-refractivity contribution in [2.24, 2.45) is 0 Å². The van der Waals surface area contributed by atoms with Gasteiger partial charge in [-0.15, -0.1) is 0 Å². The average molecular weight is 499 g/mol. The van der Waals surface area contributed by atoms with Crippen molar-refractivity contribution in [1.82, 2.24) is 14.1 Å². The summed E-state index contributed by atoms with van der Waals surface area (Å²) in [6, 6.07) is 13.0. The Kier molecular flexibility index (Phi) is 8.76. The second-order valence-electron chi connectivity index (χ2n) is 8.38. The lowest BCUT2D eigenvalue weighted by Gasteiger charge is -2.17. The van der Waals surface area contributed by atoms with E-state index in [0.29, 0.717) is 35.2 Å². The van der Waals surface area contributed by atoms with Crippen molar-refractivity contribution in [3.05, 3.63) is 91.9 Å². The lowest BCUT2D eigenvalue weighted by molar-refractivity contribution is 0.216. The SMILES string of the molecule is C=C(CCn1c(=O)nc(Nc2ccc(OC(C)C)c(Cl)c2)n(Cc2ccc(C)cc2)c1=O)OCC.